The first-order valence-corrected chi connectivity index (χ1v) is 11.1. The number of fused-ring (bicyclic) bond motifs is 3. The maximum absolute atomic E-state index is 8.40. The summed E-state index contributed by atoms with van der Waals surface area (Å²) >= 11 is 1.68. The van der Waals surface area contributed by atoms with Gasteiger partial charge in [0.05, 0.1) is 29.1 Å². The first-order valence-electron chi connectivity index (χ1n) is 10.2. The van der Waals surface area contributed by atoms with E-state index in [1.54, 1.807) is 11.3 Å². The summed E-state index contributed by atoms with van der Waals surface area (Å²) in [6, 6.07) is 24.5. The number of nitrogens with zero attached hydrogens (tertiary/aromatic N) is 2. The van der Waals surface area contributed by atoms with Crippen molar-refractivity contribution < 1.29 is 30.0 Å². The molecule has 0 atom stereocenters. The molecule has 0 aliphatic rings. The molecular weight excluding hydrogens is 609 g/mol. The van der Waals surface area contributed by atoms with Gasteiger partial charge in [-0.2, -0.15) is 30.3 Å². The van der Waals surface area contributed by atoms with Crippen LogP contribution in [0.3, 0.4) is 0 Å². The third kappa shape index (κ3) is 5.14. The van der Waals surface area contributed by atoms with Gasteiger partial charge in [-0.15, -0.1) is 16.9 Å². The number of allylic oxidation sites excluding steroid dienone is 2. The molecule has 0 spiro atoms. The summed E-state index contributed by atoms with van der Waals surface area (Å²) in [5.74, 6) is 0.250. The van der Waals surface area contributed by atoms with E-state index in [1.165, 1.54) is 63.3 Å². The van der Waals surface area contributed by atoms with Gasteiger partial charge in [0, 0.05) is 60.7 Å². The second kappa shape index (κ2) is 10.7. The first-order chi connectivity index (χ1) is 15.5. The Hall–Kier alpha value is -3.05. The molecule has 2 aromatic heterocycles. The van der Waals surface area contributed by atoms with Crippen LogP contribution in [-0.4, -0.2) is 25.2 Å². The molecule has 4 nitrogen and oxygen atoms in total. The second-order valence-corrected chi connectivity index (χ2v) is 8.43. The molecule has 1 radical (unpaired) electrons. The molecule has 0 saturated carbocycles. The zero-order valence-electron chi connectivity index (χ0n) is 18.5. The van der Waals surface area contributed by atoms with Crippen molar-refractivity contribution in [1.29, 1.82) is 0 Å². The number of aromatic nitrogens is 2. The van der Waals surface area contributed by atoms with E-state index in [0.717, 1.165) is 0 Å². The Morgan fingerprint density at radius 3 is 2.21 bits per heavy atom. The third-order valence-electron chi connectivity index (χ3n) is 5.19. The Balaban J connectivity index is 0.000000337. The molecule has 0 bridgehead atoms. The van der Waals surface area contributed by atoms with Gasteiger partial charge in [0.25, 0.3) is 0 Å². The Morgan fingerprint density at radius 2 is 1.70 bits per heavy atom. The topological polar surface area (TPSA) is 59.4 Å². The quantitative estimate of drug-likeness (QED) is 0.102. The van der Waals surface area contributed by atoms with E-state index in [-0.39, 0.29) is 31.6 Å². The van der Waals surface area contributed by atoms with E-state index in [4.69, 9.17) is 9.90 Å². The van der Waals surface area contributed by atoms with Gasteiger partial charge < -0.3 is 9.67 Å². The van der Waals surface area contributed by atoms with Crippen LogP contribution in [0.5, 0.6) is 0 Å². The minimum atomic E-state index is 0. The van der Waals surface area contributed by atoms with Gasteiger partial charge in [-0.05, 0) is 19.1 Å². The van der Waals surface area contributed by atoms with E-state index in [9.17, 15) is 0 Å². The van der Waals surface area contributed by atoms with Crippen molar-refractivity contribution in [3.05, 3.63) is 90.3 Å². The van der Waals surface area contributed by atoms with Crippen LogP contribution >= 0.6 is 11.3 Å². The summed E-state index contributed by atoms with van der Waals surface area (Å²) < 4.78 is 2.28. The van der Waals surface area contributed by atoms with Crippen LogP contribution in [0, 0.1) is 6.07 Å². The van der Waals surface area contributed by atoms with Crippen LogP contribution in [0.15, 0.2) is 84.2 Å². The van der Waals surface area contributed by atoms with Crippen LogP contribution in [0.4, 0.5) is 0 Å². The minimum absolute atomic E-state index is 0. The van der Waals surface area contributed by atoms with Crippen molar-refractivity contribution in [2.75, 3.05) is 0 Å². The Labute approximate surface area is 210 Å². The molecule has 2 heterocycles. The number of carbonyl (C=O) groups excluding carboxylic acids is 1. The molecule has 0 amide bonds. The van der Waals surface area contributed by atoms with E-state index >= 15 is 0 Å². The average Bonchev–Trinajstić information content (AvgIpc) is 3.41. The summed E-state index contributed by atoms with van der Waals surface area (Å²) in [7, 11) is 2.14. The van der Waals surface area contributed by atoms with E-state index < -0.39 is 0 Å². The molecule has 3 aromatic carbocycles. The molecule has 0 aliphatic carbocycles. The van der Waals surface area contributed by atoms with Crippen LogP contribution in [0.25, 0.3) is 43.4 Å². The van der Waals surface area contributed by atoms with Crippen LogP contribution in [0.2, 0.25) is 0 Å². The number of rotatable bonds is 3. The Kier molecular flexibility index (Phi) is 7.98. The van der Waals surface area contributed by atoms with Crippen molar-refractivity contribution in [3.8, 4) is 21.6 Å². The van der Waals surface area contributed by atoms with Crippen molar-refractivity contribution in [1.82, 2.24) is 9.55 Å². The van der Waals surface area contributed by atoms with Gasteiger partial charge in [-0.3, -0.25) is 9.78 Å². The normalized spacial score (nSPS) is 11.1. The summed E-state index contributed by atoms with van der Waals surface area (Å²) in [5, 5.41) is 11.0. The summed E-state index contributed by atoms with van der Waals surface area (Å²) in [6.45, 7) is 3.00. The first kappa shape index (κ1) is 24.6. The maximum Gasteiger partial charge on any atom is 0.316 e. The standard InChI is InChI=1S/C22H15N2S.C5H8O2.Ir/c1-24-18-11-5-9-16(15-7-3-2-4-8-15)21(18)22-17(10-6-12-19(22)24)20-13-23-14-25-20;1-4(6)3-5(2)7;/h2-3,5-14H,1H3;3,6H,1-2H3;/q-1;;/p+1. The fourth-order valence-electron chi connectivity index (χ4n) is 3.95. The summed E-state index contributed by atoms with van der Waals surface area (Å²) in [4.78, 5) is 13.9. The molecule has 0 unspecified atom stereocenters. The number of aliphatic hydroxyl groups is 1. The van der Waals surface area contributed by atoms with Gasteiger partial charge in [-0.1, -0.05) is 29.8 Å². The molecule has 0 fully saturated rings. The molecule has 5 aromatic rings. The molecule has 6 heteroatoms. The van der Waals surface area contributed by atoms with Crippen LogP contribution in [0.1, 0.15) is 13.8 Å². The predicted molar refractivity (Wildman–Crippen MR) is 135 cm³/mol. The third-order valence-corrected chi connectivity index (χ3v) is 6.00. The van der Waals surface area contributed by atoms with E-state index in [1.807, 2.05) is 23.8 Å². The summed E-state index contributed by atoms with van der Waals surface area (Å²) in [5.41, 5.74) is 8.07. The number of ketones is 1. The molecular formula is C27H24IrN2O2S. The van der Waals surface area contributed by atoms with Crippen LogP contribution < -0.4 is 0 Å². The fraction of sp³-hybridized carbons (Fsp3) is 0.111. The second-order valence-electron chi connectivity index (χ2n) is 7.54. The number of thiazole rings is 1. The molecule has 33 heavy (non-hydrogen) atoms. The van der Waals surface area contributed by atoms with Gasteiger partial charge in [-0.25, -0.2) is 0 Å². The molecule has 2 N–H and O–H groups in total. The number of benzene rings is 3. The Morgan fingerprint density at radius 1 is 1.03 bits per heavy atom. The number of aliphatic hydroxyl groups excluding tert-OH is 1. The smallest absolute Gasteiger partial charge is 0.316 e. The molecule has 5 rings (SSSR count). The van der Waals surface area contributed by atoms with Crippen molar-refractivity contribution in [2.24, 2.45) is 7.05 Å². The van der Waals surface area contributed by atoms with Gasteiger partial charge in [0.2, 0.25) is 0 Å². The zero-order valence-corrected chi connectivity index (χ0v) is 21.7. The fourth-order valence-corrected chi connectivity index (χ4v) is 4.61. The van der Waals surface area contributed by atoms with Crippen LogP contribution in [-0.2, 0) is 27.2 Å². The van der Waals surface area contributed by atoms with E-state index in [2.05, 4.69) is 71.2 Å². The molecule has 0 saturated heterocycles. The number of hydrogen-bond donors (Lipinski definition) is 1. The SMILES string of the molecule is CC(=[OH+])C=C(C)O.Cn1c2cccc(-c3c[c-]ccc3)c2c2c(-c3cncs3)cccc21.[Ir]. The van der Waals surface area contributed by atoms with Crippen molar-refractivity contribution >= 4 is 38.9 Å². The molecule has 0 aliphatic heterocycles. The number of hydrogen-bond acceptors (Lipinski definition) is 3. The monoisotopic (exact) mass is 633 g/mol. The largest absolute Gasteiger partial charge is 0.512 e. The summed E-state index contributed by atoms with van der Waals surface area (Å²) in [6.07, 6.45) is 3.23. The maximum atomic E-state index is 8.40. The molecule has 169 valence electrons. The zero-order chi connectivity index (χ0) is 22.7. The minimum Gasteiger partial charge on any atom is -0.512 e. The predicted octanol–water partition coefficient (Wildman–Crippen LogP) is 6.93. The van der Waals surface area contributed by atoms with Gasteiger partial charge >= 0.3 is 5.78 Å². The Bertz CT molecular complexity index is 1420. The average molecular weight is 633 g/mol. The van der Waals surface area contributed by atoms with Crippen molar-refractivity contribution in [2.45, 2.75) is 13.8 Å². The van der Waals surface area contributed by atoms with Gasteiger partial charge in [0.15, 0.2) is 0 Å². The number of aryl methyl sites for hydroxylation is 1. The van der Waals surface area contributed by atoms with E-state index in [0.29, 0.717) is 0 Å². The van der Waals surface area contributed by atoms with Gasteiger partial charge in [0.1, 0.15) is 0 Å². The van der Waals surface area contributed by atoms with Crippen molar-refractivity contribution in [3.63, 3.8) is 0 Å².